The number of hydrogen-bond donors (Lipinski definition) is 0. The van der Waals surface area contributed by atoms with Gasteiger partial charge in [0.15, 0.2) is 0 Å². The zero-order valence-corrected chi connectivity index (χ0v) is 9.18. The lowest BCUT2D eigenvalue weighted by Gasteiger charge is -2.03. The Hall–Kier alpha value is -0.390. The molecule has 0 bridgehead atoms. The number of sulfonamides is 1. The van der Waals surface area contributed by atoms with Gasteiger partial charge in [0.05, 0.1) is 4.90 Å². The van der Waals surface area contributed by atoms with Crippen LogP contribution in [0.2, 0.25) is 0 Å². The highest BCUT2D eigenvalue weighted by Gasteiger charge is 2.33. The number of hydrogen-bond acceptors (Lipinski definition) is 2. The lowest BCUT2D eigenvalue weighted by atomic mass is 10.4. The van der Waals surface area contributed by atoms with E-state index in [1.54, 1.807) is 24.3 Å². The van der Waals surface area contributed by atoms with E-state index in [0.29, 0.717) is 18.0 Å². The lowest BCUT2D eigenvalue weighted by molar-refractivity contribution is 0.563. The molecule has 1 aliphatic heterocycles. The minimum absolute atomic E-state index is 0.361. The molecular formula is C8H8BrNO2S. The minimum atomic E-state index is -3.18. The molecule has 3 nitrogen and oxygen atoms in total. The second kappa shape index (κ2) is 3.08. The van der Waals surface area contributed by atoms with Crippen LogP contribution in [0.4, 0.5) is 0 Å². The van der Waals surface area contributed by atoms with Gasteiger partial charge < -0.3 is 0 Å². The third-order valence-corrected chi connectivity index (χ3v) is 4.23. The first kappa shape index (κ1) is 9.18. The molecule has 13 heavy (non-hydrogen) atoms. The van der Waals surface area contributed by atoms with Crippen molar-refractivity contribution in [2.75, 3.05) is 13.1 Å². The largest absolute Gasteiger partial charge is 0.243 e. The average molecular weight is 262 g/mol. The predicted octanol–water partition coefficient (Wildman–Crippen LogP) is 1.45. The summed E-state index contributed by atoms with van der Waals surface area (Å²) in [4.78, 5) is 0.361. The first-order chi connectivity index (χ1) is 6.10. The maximum atomic E-state index is 11.7. The van der Waals surface area contributed by atoms with Gasteiger partial charge in [-0.05, 0) is 18.2 Å². The Morgan fingerprint density at radius 2 is 2.00 bits per heavy atom. The lowest BCUT2D eigenvalue weighted by Crippen LogP contribution is -2.11. The first-order valence-corrected chi connectivity index (χ1v) is 6.10. The highest BCUT2D eigenvalue weighted by molar-refractivity contribution is 9.10. The van der Waals surface area contributed by atoms with Crippen LogP contribution in [0.25, 0.3) is 0 Å². The van der Waals surface area contributed by atoms with Gasteiger partial charge in [0.25, 0.3) is 0 Å². The molecule has 0 saturated carbocycles. The van der Waals surface area contributed by atoms with Crippen molar-refractivity contribution in [3.63, 3.8) is 0 Å². The topological polar surface area (TPSA) is 37.1 Å². The van der Waals surface area contributed by atoms with Crippen molar-refractivity contribution in [2.45, 2.75) is 4.90 Å². The van der Waals surface area contributed by atoms with Crippen LogP contribution >= 0.6 is 15.9 Å². The summed E-state index contributed by atoms with van der Waals surface area (Å²) in [7, 11) is -3.18. The molecule has 0 unspecified atom stereocenters. The van der Waals surface area contributed by atoms with Crippen LogP contribution in [0, 0.1) is 0 Å². The monoisotopic (exact) mass is 261 g/mol. The summed E-state index contributed by atoms with van der Waals surface area (Å²) in [5.74, 6) is 0. The average Bonchev–Trinajstić information content (AvgIpc) is 2.86. The van der Waals surface area contributed by atoms with E-state index in [0.717, 1.165) is 4.47 Å². The standard InChI is InChI=1S/C8H8BrNO2S/c9-7-2-1-3-8(6-7)13(11,12)10-4-5-10/h1-3,6H,4-5H2. The Balaban J connectivity index is 2.45. The molecule has 0 aliphatic carbocycles. The van der Waals surface area contributed by atoms with Gasteiger partial charge in [0.1, 0.15) is 0 Å². The molecule has 1 aromatic carbocycles. The molecule has 1 aromatic rings. The summed E-state index contributed by atoms with van der Waals surface area (Å²) in [5.41, 5.74) is 0. The van der Waals surface area contributed by atoms with Gasteiger partial charge >= 0.3 is 0 Å². The van der Waals surface area contributed by atoms with Crippen LogP contribution in [-0.2, 0) is 10.0 Å². The van der Waals surface area contributed by atoms with Gasteiger partial charge in [-0.1, -0.05) is 22.0 Å². The fourth-order valence-corrected chi connectivity index (χ4v) is 3.00. The van der Waals surface area contributed by atoms with Gasteiger partial charge in [-0.25, -0.2) is 8.42 Å². The van der Waals surface area contributed by atoms with Gasteiger partial charge in [-0.15, -0.1) is 0 Å². The highest BCUT2D eigenvalue weighted by Crippen LogP contribution is 2.23. The SMILES string of the molecule is O=S(=O)(c1cccc(Br)c1)N1CC1. The molecule has 70 valence electrons. The summed E-state index contributed by atoms with van der Waals surface area (Å²) in [6, 6.07) is 6.76. The minimum Gasteiger partial charge on any atom is -0.207 e. The maximum Gasteiger partial charge on any atom is 0.243 e. The Labute approximate surface area is 85.5 Å². The molecule has 0 spiro atoms. The quantitative estimate of drug-likeness (QED) is 0.756. The number of benzene rings is 1. The van der Waals surface area contributed by atoms with Crippen LogP contribution in [0.1, 0.15) is 0 Å². The fraction of sp³-hybridized carbons (Fsp3) is 0.250. The first-order valence-electron chi connectivity index (χ1n) is 3.86. The summed E-state index contributed by atoms with van der Waals surface area (Å²) in [5, 5.41) is 0. The summed E-state index contributed by atoms with van der Waals surface area (Å²) in [6.45, 7) is 1.30. The molecule has 0 radical (unpaired) electrons. The van der Waals surface area contributed by atoms with E-state index in [9.17, 15) is 8.42 Å². The third kappa shape index (κ3) is 1.77. The van der Waals surface area contributed by atoms with Crippen molar-refractivity contribution < 1.29 is 8.42 Å². The van der Waals surface area contributed by atoms with E-state index in [1.165, 1.54) is 4.31 Å². The van der Waals surface area contributed by atoms with Crippen LogP contribution < -0.4 is 0 Å². The third-order valence-electron chi connectivity index (χ3n) is 1.84. The van der Waals surface area contributed by atoms with Crippen LogP contribution in [0.15, 0.2) is 33.6 Å². The van der Waals surface area contributed by atoms with Crippen LogP contribution in [0.3, 0.4) is 0 Å². The van der Waals surface area contributed by atoms with E-state index in [1.807, 2.05) is 0 Å². The van der Waals surface area contributed by atoms with Crippen molar-refractivity contribution in [1.82, 2.24) is 4.31 Å². The Morgan fingerprint density at radius 3 is 2.54 bits per heavy atom. The van der Waals surface area contributed by atoms with E-state index in [2.05, 4.69) is 15.9 Å². The molecule has 0 aromatic heterocycles. The fourth-order valence-electron chi connectivity index (χ4n) is 1.06. The van der Waals surface area contributed by atoms with Gasteiger partial charge in [-0.2, -0.15) is 4.31 Å². The van der Waals surface area contributed by atoms with Crippen molar-refractivity contribution in [3.05, 3.63) is 28.7 Å². The molecule has 1 aliphatic rings. The molecule has 0 N–H and O–H groups in total. The summed E-state index contributed by atoms with van der Waals surface area (Å²) in [6.07, 6.45) is 0. The molecule has 0 atom stereocenters. The molecule has 1 heterocycles. The Kier molecular flexibility index (Phi) is 2.17. The van der Waals surface area contributed by atoms with Gasteiger partial charge in [0, 0.05) is 17.6 Å². The van der Waals surface area contributed by atoms with Crippen molar-refractivity contribution in [1.29, 1.82) is 0 Å². The van der Waals surface area contributed by atoms with Gasteiger partial charge in [0.2, 0.25) is 10.0 Å². The molecule has 0 amide bonds. The van der Waals surface area contributed by atoms with E-state index < -0.39 is 10.0 Å². The second-order valence-corrected chi connectivity index (χ2v) is 5.72. The van der Waals surface area contributed by atoms with Crippen LogP contribution in [-0.4, -0.2) is 25.8 Å². The second-order valence-electron chi connectivity index (χ2n) is 2.86. The van der Waals surface area contributed by atoms with Crippen molar-refractivity contribution >= 4 is 26.0 Å². The molecule has 1 saturated heterocycles. The predicted molar refractivity (Wildman–Crippen MR) is 52.9 cm³/mol. The normalized spacial score (nSPS) is 17.3. The zero-order valence-electron chi connectivity index (χ0n) is 6.77. The zero-order chi connectivity index (χ0) is 9.47. The Bertz CT molecular complexity index is 426. The number of nitrogens with zero attached hydrogens (tertiary/aromatic N) is 1. The number of rotatable bonds is 2. The molecular weight excluding hydrogens is 254 g/mol. The van der Waals surface area contributed by atoms with E-state index in [4.69, 9.17) is 0 Å². The molecule has 5 heteroatoms. The molecule has 1 fully saturated rings. The summed E-state index contributed by atoms with van der Waals surface area (Å²) >= 11 is 3.24. The Morgan fingerprint density at radius 1 is 1.31 bits per heavy atom. The van der Waals surface area contributed by atoms with Crippen LogP contribution in [0.5, 0.6) is 0 Å². The smallest absolute Gasteiger partial charge is 0.207 e. The number of halogens is 1. The van der Waals surface area contributed by atoms with E-state index >= 15 is 0 Å². The summed E-state index contributed by atoms with van der Waals surface area (Å²) < 4.78 is 25.5. The van der Waals surface area contributed by atoms with Crippen molar-refractivity contribution in [3.8, 4) is 0 Å². The van der Waals surface area contributed by atoms with Gasteiger partial charge in [-0.3, -0.25) is 0 Å². The maximum absolute atomic E-state index is 11.7. The van der Waals surface area contributed by atoms with E-state index in [-0.39, 0.29) is 0 Å². The molecule has 2 rings (SSSR count). The van der Waals surface area contributed by atoms with Crippen molar-refractivity contribution in [2.24, 2.45) is 0 Å². The highest BCUT2D eigenvalue weighted by atomic mass is 79.9.